The fraction of sp³-hybridized carbons (Fsp3) is 0.235. The summed E-state index contributed by atoms with van der Waals surface area (Å²) in [5.74, 6) is 0.423. The van der Waals surface area contributed by atoms with Crippen LogP contribution in [-0.4, -0.2) is 20.4 Å². The first kappa shape index (κ1) is 15.0. The smallest absolute Gasteiger partial charge is 0.293 e. The number of hydrogen-bond acceptors (Lipinski definition) is 4. The van der Waals surface area contributed by atoms with Gasteiger partial charge in [0.05, 0.1) is 17.7 Å². The van der Waals surface area contributed by atoms with Crippen molar-refractivity contribution in [3.05, 3.63) is 59.3 Å². The average molecular weight is 310 g/mol. The van der Waals surface area contributed by atoms with E-state index in [0.29, 0.717) is 17.3 Å². The Morgan fingerprint density at radius 1 is 1.09 bits per heavy atom. The summed E-state index contributed by atoms with van der Waals surface area (Å²) in [6.45, 7) is 7.46. The van der Waals surface area contributed by atoms with E-state index >= 15 is 0 Å². The highest BCUT2D eigenvalue weighted by atomic mass is 16.4. The summed E-state index contributed by atoms with van der Waals surface area (Å²) in [5.41, 5.74) is 4.36. The number of nitrogens with zero attached hydrogens (tertiary/aromatic N) is 3. The third kappa shape index (κ3) is 2.88. The summed E-state index contributed by atoms with van der Waals surface area (Å²) >= 11 is 0. The topological polar surface area (TPSA) is 73.0 Å². The van der Waals surface area contributed by atoms with Crippen LogP contribution in [0, 0.1) is 27.7 Å². The van der Waals surface area contributed by atoms with Crippen molar-refractivity contribution in [3.63, 3.8) is 0 Å². The minimum Gasteiger partial charge on any atom is -0.436 e. The van der Waals surface area contributed by atoms with Crippen LogP contribution < -0.4 is 5.32 Å². The fourth-order valence-corrected chi connectivity index (χ4v) is 2.39. The van der Waals surface area contributed by atoms with Crippen LogP contribution in [0.2, 0.25) is 0 Å². The molecule has 1 aromatic carbocycles. The highest BCUT2D eigenvalue weighted by molar-refractivity contribution is 6.02. The highest BCUT2D eigenvalue weighted by Crippen LogP contribution is 2.18. The lowest BCUT2D eigenvalue weighted by molar-refractivity contribution is 0.0994. The van der Waals surface area contributed by atoms with E-state index in [2.05, 4.69) is 15.3 Å². The standard InChI is InChI=1S/C17H18N4O2/c1-10-12(3)21(9-18-10)15-7-5-14(6-8-15)20-17(22)16-11(2)19-13(4)23-16/h5-9H,1-4H3,(H,20,22). The van der Waals surface area contributed by atoms with Gasteiger partial charge in [0.25, 0.3) is 5.91 Å². The molecule has 0 unspecified atom stereocenters. The lowest BCUT2D eigenvalue weighted by Gasteiger charge is -2.08. The van der Waals surface area contributed by atoms with Gasteiger partial charge in [-0.25, -0.2) is 9.97 Å². The Kier molecular flexibility index (Phi) is 3.73. The number of rotatable bonds is 3. The largest absolute Gasteiger partial charge is 0.436 e. The highest BCUT2D eigenvalue weighted by Gasteiger charge is 2.16. The first-order valence-corrected chi connectivity index (χ1v) is 7.32. The number of benzene rings is 1. The van der Waals surface area contributed by atoms with Crippen LogP contribution in [0.4, 0.5) is 5.69 Å². The Morgan fingerprint density at radius 2 is 1.78 bits per heavy atom. The van der Waals surface area contributed by atoms with Gasteiger partial charge >= 0.3 is 0 Å². The summed E-state index contributed by atoms with van der Waals surface area (Å²) in [6, 6.07) is 7.56. The molecule has 0 spiro atoms. The van der Waals surface area contributed by atoms with Crippen LogP contribution in [0.15, 0.2) is 35.0 Å². The van der Waals surface area contributed by atoms with Gasteiger partial charge in [0.2, 0.25) is 5.76 Å². The molecule has 0 aliphatic carbocycles. The van der Waals surface area contributed by atoms with Crippen molar-refractivity contribution in [3.8, 4) is 5.69 Å². The van der Waals surface area contributed by atoms with Crippen molar-refractivity contribution < 1.29 is 9.21 Å². The molecule has 2 aromatic heterocycles. The zero-order valence-corrected chi connectivity index (χ0v) is 13.5. The molecule has 0 saturated carbocycles. The van der Waals surface area contributed by atoms with Gasteiger partial charge in [-0.3, -0.25) is 4.79 Å². The molecule has 6 nitrogen and oxygen atoms in total. The first-order chi connectivity index (χ1) is 11.0. The molecule has 2 heterocycles. The number of anilines is 1. The molecule has 118 valence electrons. The van der Waals surface area contributed by atoms with Gasteiger partial charge in [-0.05, 0) is 45.0 Å². The van der Waals surface area contributed by atoms with E-state index in [9.17, 15) is 4.79 Å². The lowest BCUT2D eigenvalue weighted by atomic mass is 10.2. The molecule has 0 saturated heterocycles. The minimum atomic E-state index is -0.300. The Hall–Kier alpha value is -2.89. The molecule has 1 amide bonds. The van der Waals surface area contributed by atoms with E-state index in [1.54, 1.807) is 20.2 Å². The molecule has 23 heavy (non-hydrogen) atoms. The monoisotopic (exact) mass is 310 g/mol. The minimum absolute atomic E-state index is 0.243. The molecule has 0 atom stereocenters. The lowest BCUT2D eigenvalue weighted by Crippen LogP contribution is -2.12. The van der Waals surface area contributed by atoms with Gasteiger partial charge in [-0.15, -0.1) is 0 Å². The zero-order valence-electron chi connectivity index (χ0n) is 13.5. The summed E-state index contributed by atoms with van der Waals surface area (Å²) in [7, 11) is 0. The maximum atomic E-state index is 12.2. The van der Waals surface area contributed by atoms with E-state index in [4.69, 9.17) is 4.42 Å². The van der Waals surface area contributed by atoms with Crippen LogP contribution in [0.5, 0.6) is 0 Å². The fourth-order valence-electron chi connectivity index (χ4n) is 2.39. The van der Waals surface area contributed by atoms with E-state index in [1.807, 2.05) is 42.7 Å². The average Bonchev–Trinajstić information content (AvgIpc) is 3.03. The number of aryl methyl sites for hydroxylation is 3. The SMILES string of the molecule is Cc1nc(C)c(C(=O)Nc2ccc(-n3cnc(C)c3C)cc2)o1. The van der Waals surface area contributed by atoms with Crippen LogP contribution in [0.1, 0.15) is 33.5 Å². The van der Waals surface area contributed by atoms with Gasteiger partial charge in [0, 0.05) is 24.0 Å². The first-order valence-electron chi connectivity index (χ1n) is 7.32. The third-order valence-electron chi connectivity index (χ3n) is 3.76. The van der Waals surface area contributed by atoms with E-state index in [0.717, 1.165) is 17.1 Å². The summed E-state index contributed by atoms with van der Waals surface area (Å²) in [6.07, 6.45) is 1.79. The van der Waals surface area contributed by atoms with E-state index in [1.165, 1.54) is 0 Å². The van der Waals surface area contributed by atoms with E-state index in [-0.39, 0.29) is 11.7 Å². The second-order valence-corrected chi connectivity index (χ2v) is 5.43. The third-order valence-corrected chi connectivity index (χ3v) is 3.76. The number of aromatic nitrogens is 3. The molecule has 0 radical (unpaired) electrons. The Bertz CT molecular complexity index is 859. The Labute approximate surface area is 134 Å². The quantitative estimate of drug-likeness (QED) is 0.805. The molecule has 6 heteroatoms. The summed E-state index contributed by atoms with van der Waals surface area (Å²) in [5, 5.41) is 2.81. The van der Waals surface area contributed by atoms with E-state index < -0.39 is 0 Å². The van der Waals surface area contributed by atoms with Crippen molar-refractivity contribution in [2.24, 2.45) is 0 Å². The molecule has 0 fully saturated rings. The van der Waals surface area contributed by atoms with Gasteiger partial charge < -0.3 is 14.3 Å². The second-order valence-electron chi connectivity index (χ2n) is 5.43. The summed E-state index contributed by atoms with van der Waals surface area (Å²) < 4.78 is 7.33. The van der Waals surface area contributed by atoms with Gasteiger partial charge in [-0.2, -0.15) is 0 Å². The molecule has 0 bridgehead atoms. The van der Waals surface area contributed by atoms with Crippen LogP contribution in [0.3, 0.4) is 0 Å². The molecular weight excluding hydrogens is 292 g/mol. The van der Waals surface area contributed by atoms with Crippen molar-refractivity contribution in [1.29, 1.82) is 0 Å². The number of nitrogens with one attached hydrogen (secondary N) is 1. The van der Waals surface area contributed by atoms with Crippen LogP contribution >= 0.6 is 0 Å². The second kappa shape index (κ2) is 5.72. The Morgan fingerprint density at radius 3 is 2.30 bits per heavy atom. The molecule has 1 N–H and O–H groups in total. The van der Waals surface area contributed by atoms with Crippen LogP contribution in [0.25, 0.3) is 5.69 Å². The normalized spacial score (nSPS) is 10.8. The van der Waals surface area contributed by atoms with Crippen LogP contribution in [-0.2, 0) is 0 Å². The predicted octanol–water partition coefficient (Wildman–Crippen LogP) is 3.35. The van der Waals surface area contributed by atoms with Gasteiger partial charge in [-0.1, -0.05) is 0 Å². The molecule has 3 aromatic rings. The molecular formula is C17H18N4O2. The number of oxazole rings is 1. The van der Waals surface area contributed by atoms with Crippen molar-refractivity contribution in [1.82, 2.24) is 14.5 Å². The number of carbonyl (C=O) groups excluding carboxylic acids is 1. The maximum Gasteiger partial charge on any atom is 0.293 e. The zero-order chi connectivity index (χ0) is 16.6. The van der Waals surface area contributed by atoms with Gasteiger partial charge in [0.15, 0.2) is 5.89 Å². The molecule has 0 aliphatic heterocycles. The number of hydrogen-bond donors (Lipinski definition) is 1. The van der Waals surface area contributed by atoms with Crippen molar-refractivity contribution in [2.45, 2.75) is 27.7 Å². The van der Waals surface area contributed by atoms with Crippen molar-refractivity contribution in [2.75, 3.05) is 5.32 Å². The number of amides is 1. The van der Waals surface area contributed by atoms with Gasteiger partial charge in [0.1, 0.15) is 0 Å². The number of imidazole rings is 1. The number of carbonyl (C=O) groups is 1. The van der Waals surface area contributed by atoms with Crippen molar-refractivity contribution >= 4 is 11.6 Å². The molecule has 3 rings (SSSR count). The maximum absolute atomic E-state index is 12.2. The summed E-state index contributed by atoms with van der Waals surface area (Å²) in [4.78, 5) is 20.6. The Balaban J connectivity index is 1.79. The predicted molar refractivity (Wildman–Crippen MR) is 87.0 cm³/mol. The molecule has 0 aliphatic rings.